The number of rotatable bonds is 5. The Hall–Kier alpha value is -2.99. The third-order valence-corrected chi connectivity index (χ3v) is 8.92. The lowest BCUT2D eigenvalue weighted by molar-refractivity contribution is -0.119. The van der Waals surface area contributed by atoms with Gasteiger partial charge in [0, 0.05) is 17.7 Å². The topological polar surface area (TPSA) is 105 Å². The Morgan fingerprint density at radius 3 is 2.51 bits per heavy atom. The van der Waals surface area contributed by atoms with Gasteiger partial charge in [-0.2, -0.15) is 4.99 Å². The van der Waals surface area contributed by atoms with Crippen molar-refractivity contribution < 1.29 is 31.5 Å². The molecule has 37 heavy (non-hydrogen) atoms. The van der Waals surface area contributed by atoms with Gasteiger partial charge < -0.3 is 15.0 Å². The van der Waals surface area contributed by atoms with Gasteiger partial charge in [0.1, 0.15) is 23.3 Å². The minimum atomic E-state index is -3.38. The molecule has 2 saturated heterocycles. The van der Waals surface area contributed by atoms with Gasteiger partial charge in [0.05, 0.1) is 23.2 Å². The first kappa shape index (κ1) is 27.1. The normalized spacial score (nSPS) is 22.5. The molecule has 0 aliphatic carbocycles. The van der Waals surface area contributed by atoms with Crippen LogP contribution in [-0.2, 0) is 25.8 Å². The summed E-state index contributed by atoms with van der Waals surface area (Å²) in [6.07, 6.45) is -0.683. The van der Waals surface area contributed by atoms with E-state index < -0.39 is 56.4 Å². The highest BCUT2D eigenvalue weighted by atomic mass is 32.2. The maximum absolute atomic E-state index is 14.8. The van der Waals surface area contributed by atoms with Crippen molar-refractivity contribution in [2.24, 2.45) is 4.99 Å². The number of sulfone groups is 1. The van der Waals surface area contributed by atoms with Crippen LogP contribution < -0.4 is 10.2 Å². The summed E-state index contributed by atoms with van der Waals surface area (Å²) in [6, 6.07) is 10.2. The van der Waals surface area contributed by atoms with Gasteiger partial charge >= 0.3 is 6.09 Å². The number of carbonyl (C=O) groups excluding carboxylic acids is 2. The molecule has 2 aromatic rings. The van der Waals surface area contributed by atoms with Gasteiger partial charge in [-0.25, -0.2) is 22.0 Å². The van der Waals surface area contributed by atoms with E-state index in [1.54, 1.807) is 45.0 Å². The van der Waals surface area contributed by atoms with Crippen LogP contribution in [0.1, 0.15) is 26.3 Å². The number of carbonyl (C=O) groups is 2. The third-order valence-electron chi connectivity index (χ3n) is 5.71. The number of anilines is 1. The van der Waals surface area contributed by atoms with Gasteiger partial charge in [-0.3, -0.25) is 4.79 Å². The van der Waals surface area contributed by atoms with Crippen LogP contribution in [0.25, 0.3) is 0 Å². The molecule has 2 heterocycles. The molecule has 2 fully saturated rings. The number of amides is 2. The van der Waals surface area contributed by atoms with Gasteiger partial charge in [-0.05, 0) is 38.5 Å². The zero-order valence-electron chi connectivity index (χ0n) is 20.5. The smallest absolute Gasteiger partial charge is 0.408 e. The molecule has 1 N–H and O–H groups in total. The molecule has 2 amide bonds. The number of ether oxygens (including phenoxy) is 1. The van der Waals surface area contributed by atoms with E-state index in [2.05, 4.69) is 10.3 Å². The van der Waals surface area contributed by atoms with Crippen LogP contribution in [0.4, 0.5) is 19.3 Å². The Morgan fingerprint density at radius 1 is 1.16 bits per heavy atom. The summed E-state index contributed by atoms with van der Waals surface area (Å²) in [6.45, 7) is 5.08. The predicted molar refractivity (Wildman–Crippen MR) is 138 cm³/mol. The Labute approximate surface area is 218 Å². The zero-order chi connectivity index (χ0) is 27.0. The van der Waals surface area contributed by atoms with E-state index in [1.165, 1.54) is 11.0 Å². The van der Waals surface area contributed by atoms with Crippen molar-refractivity contribution in [2.45, 2.75) is 50.1 Å². The number of halogens is 2. The molecule has 12 heteroatoms. The first-order valence-corrected chi connectivity index (χ1v) is 14.3. The number of nitrogens with zero attached hydrogens (tertiary/aromatic N) is 2. The Balaban J connectivity index is 1.67. The van der Waals surface area contributed by atoms with E-state index in [0.29, 0.717) is 6.07 Å². The second-order valence-electron chi connectivity index (χ2n) is 9.89. The van der Waals surface area contributed by atoms with E-state index in [-0.39, 0.29) is 28.8 Å². The van der Waals surface area contributed by atoms with Crippen molar-refractivity contribution in [3.05, 3.63) is 65.7 Å². The summed E-state index contributed by atoms with van der Waals surface area (Å²) in [5, 5.41) is 2.18. The Morgan fingerprint density at radius 2 is 1.86 bits per heavy atom. The summed E-state index contributed by atoms with van der Waals surface area (Å²) in [7, 11) is -3.38. The largest absolute Gasteiger partial charge is 0.444 e. The zero-order valence-corrected chi connectivity index (χ0v) is 22.1. The fourth-order valence-corrected chi connectivity index (χ4v) is 8.11. The monoisotopic (exact) mass is 551 g/mol. The van der Waals surface area contributed by atoms with Gasteiger partial charge in [-0.15, -0.1) is 0 Å². The fraction of sp³-hybridized carbons (Fsp3) is 0.400. The Kier molecular flexibility index (Phi) is 7.61. The second-order valence-corrected chi connectivity index (χ2v) is 13.2. The molecule has 0 radical (unpaired) electrons. The van der Waals surface area contributed by atoms with Crippen molar-refractivity contribution in [3.63, 3.8) is 0 Å². The highest BCUT2D eigenvalue weighted by molar-refractivity contribution is 8.16. The molecule has 0 saturated carbocycles. The lowest BCUT2D eigenvalue weighted by Crippen LogP contribution is -2.45. The fourth-order valence-electron chi connectivity index (χ4n) is 4.19. The van der Waals surface area contributed by atoms with Gasteiger partial charge in [0.25, 0.3) is 5.91 Å². The molecule has 2 aliphatic heterocycles. The number of fused-ring (bicyclic) bond motifs is 1. The average Bonchev–Trinajstić information content (AvgIpc) is 3.24. The lowest BCUT2D eigenvalue weighted by atomic mass is 10.1. The number of amidine groups is 1. The molecule has 4 rings (SSSR count). The molecule has 3 atom stereocenters. The van der Waals surface area contributed by atoms with Gasteiger partial charge in [0.15, 0.2) is 15.0 Å². The van der Waals surface area contributed by atoms with Crippen LogP contribution in [0.15, 0.2) is 53.5 Å². The highest BCUT2D eigenvalue weighted by Crippen LogP contribution is 2.41. The number of nitrogens with one attached hydrogen (secondary N) is 1. The van der Waals surface area contributed by atoms with Crippen LogP contribution in [0.3, 0.4) is 0 Å². The average molecular weight is 552 g/mol. The van der Waals surface area contributed by atoms with Crippen LogP contribution in [0.5, 0.6) is 0 Å². The van der Waals surface area contributed by atoms with Crippen molar-refractivity contribution >= 4 is 44.5 Å². The first-order valence-electron chi connectivity index (χ1n) is 11.6. The number of alkyl carbamates (subject to hydrolysis) is 1. The van der Waals surface area contributed by atoms with Crippen molar-refractivity contribution in [3.8, 4) is 0 Å². The summed E-state index contributed by atoms with van der Waals surface area (Å²) >= 11 is 1.05. The second kappa shape index (κ2) is 10.4. The molecule has 0 unspecified atom stereocenters. The van der Waals surface area contributed by atoms with Crippen molar-refractivity contribution in [2.75, 3.05) is 16.4 Å². The molecule has 0 bridgehead atoms. The number of aliphatic imine (C=N–C) groups is 1. The molecule has 8 nitrogen and oxygen atoms in total. The first-order chi connectivity index (χ1) is 17.3. The molecule has 198 valence electrons. The van der Waals surface area contributed by atoms with E-state index in [4.69, 9.17) is 4.74 Å². The number of benzene rings is 2. The standard InChI is InChI=1S/C25H27F2N3O5S2/c1-25(2,3)35-24(32)28-18(11-15-7-5-4-6-8-15)22(31)29-23-30(19-10-9-16(26)12-17(19)27)20-13-37(33,34)14-21(20)36-23/h4-10,12,18,20-21H,11,13-14H2,1-3H3,(H,28,32)/t18-,20+,21-/m0/s1. The molecular weight excluding hydrogens is 524 g/mol. The maximum atomic E-state index is 14.8. The minimum Gasteiger partial charge on any atom is -0.444 e. The minimum absolute atomic E-state index is 0.0789. The summed E-state index contributed by atoms with van der Waals surface area (Å²) in [4.78, 5) is 31.5. The van der Waals surface area contributed by atoms with Crippen LogP contribution in [0.2, 0.25) is 0 Å². The molecule has 0 spiro atoms. The molecule has 2 aliphatic rings. The number of hydrogen-bond acceptors (Lipinski definition) is 6. The SMILES string of the molecule is CC(C)(C)OC(=O)N[C@@H](Cc1ccccc1)C(=O)N=C1S[C@H]2CS(=O)(=O)C[C@H]2N1c1ccc(F)cc1F. The van der Waals surface area contributed by atoms with Crippen LogP contribution >= 0.6 is 11.8 Å². The number of thioether (sulfide) groups is 1. The van der Waals surface area contributed by atoms with E-state index in [0.717, 1.165) is 23.4 Å². The molecule has 2 aromatic carbocycles. The Bertz CT molecular complexity index is 1330. The quantitative estimate of drug-likeness (QED) is 0.604. The van der Waals surface area contributed by atoms with Crippen molar-refractivity contribution in [1.82, 2.24) is 5.32 Å². The van der Waals surface area contributed by atoms with Gasteiger partial charge in [-0.1, -0.05) is 42.1 Å². The summed E-state index contributed by atoms with van der Waals surface area (Å²) in [5.41, 5.74) is -0.109. The summed E-state index contributed by atoms with van der Waals surface area (Å²) in [5.74, 6) is -2.81. The van der Waals surface area contributed by atoms with Crippen LogP contribution in [-0.4, -0.2) is 60.0 Å². The van der Waals surface area contributed by atoms with Gasteiger partial charge in [0.2, 0.25) is 0 Å². The van der Waals surface area contributed by atoms with E-state index in [9.17, 15) is 26.8 Å². The maximum Gasteiger partial charge on any atom is 0.408 e. The van der Waals surface area contributed by atoms with E-state index >= 15 is 0 Å². The lowest BCUT2D eigenvalue weighted by Gasteiger charge is -2.25. The highest BCUT2D eigenvalue weighted by Gasteiger charge is 2.50. The molecular formula is C25H27F2N3O5S2. The van der Waals surface area contributed by atoms with Crippen molar-refractivity contribution in [1.29, 1.82) is 0 Å². The molecule has 0 aromatic heterocycles. The predicted octanol–water partition coefficient (Wildman–Crippen LogP) is 3.70. The number of hydrogen-bond donors (Lipinski definition) is 1. The van der Waals surface area contributed by atoms with Crippen LogP contribution in [0, 0.1) is 11.6 Å². The summed E-state index contributed by atoms with van der Waals surface area (Å²) < 4.78 is 58.2. The van der Waals surface area contributed by atoms with E-state index in [1.807, 2.05) is 6.07 Å². The third kappa shape index (κ3) is 6.67.